The van der Waals surface area contributed by atoms with Crippen molar-refractivity contribution >= 4 is 11.6 Å². The van der Waals surface area contributed by atoms with Gasteiger partial charge in [0.1, 0.15) is 11.4 Å². The monoisotopic (exact) mass is 282 g/mol. The SMILES string of the molecule is Cc1nn(CCC(=O)N2CCOCC2)c(C)c1[N+](=O)[O-]. The number of rotatable bonds is 4. The fourth-order valence-electron chi connectivity index (χ4n) is 2.34. The van der Waals surface area contributed by atoms with Gasteiger partial charge in [0.25, 0.3) is 0 Å². The summed E-state index contributed by atoms with van der Waals surface area (Å²) in [6.45, 7) is 5.96. The summed E-state index contributed by atoms with van der Waals surface area (Å²) < 4.78 is 6.72. The fourth-order valence-corrected chi connectivity index (χ4v) is 2.34. The number of ether oxygens (including phenoxy) is 1. The summed E-state index contributed by atoms with van der Waals surface area (Å²) in [5.74, 6) is 0.0310. The Balaban J connectivity index is 1.98. The normalized spacial score (nSPS) is 15.4. The van der Waals surface area contributed by atoms with E-state index in [2.05, 4.69) is 5.10 Å². The maximum absolute atomic E-state index is 12.0. The fraction of sp³-hybridized carbons (Fsp3) is 0.667. The van der Waals surface area contributed by atoms with E-state index in [1.165, 1.54) is 4.68 Å². The van der Waals surface area contributed by atoms with Gasteiger partial charge in [0, 0.05) is 19.5 Å². The third-order valence-electron chi connectivity index (χ3n) is 3.43. The molecule has 110 valence electrons. The standard InChI is InChI=1S/C12H18N4O4/c1-9-12(16(18)19)10(2)15(13-9)4-3-11(17)14-5-7-20-8-6-14/h3-8H2,1-2H3. The molecule has 0 bridgehead atoms. The Morgan fingerprint density at radius 1 is 1.40 bits per heavy atom. The molecule has 1 amide bonds. The Labute approximate surface area is 116 Å². The lowest BCUT2D eigenvalue weighted by Crippen LogP contribution is -2.41. The first kappa shape index (κ1) is 14.4. The van der Waals surface area contributed by atoms with E-state index in [0.29, 0.717) is 50.7 Å². The van der Waals surface area contributed by atoms with Crippen LogP contribution in [0.4, 0.5) is 5.69 Å². The van der Waals surface area contributed by atoms with E-state index >= 15 is 0 Å². The van der Waals surface area contributed by atoms with Crippen LogP contribution in [0.2, 0.25) is 0 Å². The number of amides is 1. The topological polar surface area (TPSA) is 90.5 Å². The largest absolute Gasteiger partial charge is 0.378 e. The predicted molar refractivity (Wildman–Crippen MR) is 70.4 cm³/mol. The second-order valence-electron chi connectivity index (χ2n) is 4.74. The minimum absolute atomic E-state index is 0.0310. The molecule has 2 heterocycles. The van der Waals surface area contributed by atoms with Crippen LogP contribution in [0, 0.1) is 24.0 Å². The van der Waals surface area contributed by atoms with Crippen LogP contribution in [0.1, 0.15) is 17.8 Å². The minimum Gasteiger partial charge on any atom is -0.378 e. The Hall–Kier alpha value is -1.96. The average molecular weight is 282 g/mol. The number of nitrogens with zero attached hydrogens (tertiary/aromatic N) is 4. The zero-order chi connectivity index (χ0) is 14.7. The maximum Gasteiger partial charge on any atom is 0.312 e. The summed E-state index contributed by atoms with van der Waals surface area (Å²) in [6, 6.07) is 0. The Morgan fingerprint density at radius 2 is 2.05 bits per heavy atom. The number of hydrogen-bond donors (Lipinski definition) is 0. The summed E-state index contributed by atoms with van der Waals surface area (Å²) in [6.07, 6.45) is 0.291. The zero-order valence-electron chi connectivity index (χ0n) is 11.7. The first-order valence-corrected chi connectivity index (χ1v) is 6.54. The van der Waals surface area contributed by atoms with Crippen LogP contribution >= 0.6 is 0 Å². The van der Waals surface area contributed by atoms with Gasteiger partial charge < -0.3 is 9.64 Å². The first-order chi connectivity index (χ1) is 9.50. The van der Waals surface area contributed by atoms with E-state index in [4.69, 9.17) is 4.74 Å². The molecule has 1 aliphatic heterocycles. The van der Waals surface area contributed by atoms with E-state index in [1.807, 2.05) is 0 Å². The van der Waals surface area contributed by atoms with Crippen LogP contribution in [-0.2, 0) is 16.1 Å². The van der Waals surface area contributed by atoms with Gasteiger partial charge in [0.15, 0.2) is 0 Å². The number of nitro groups is 1. The molecule has 20 heavy (non-hydrogen) atoms. The predicted octanol–water partition coefficient (Wildman–Crippen LogP) is 0.657. The summed E-state index contributed by atoms with van der Waals surface area (Å²) in [4.78, 5) is 24.2. The highest BCUT2D eigenvalue weighted by molar-refractivity contribution is 5.76. The molecule has 0 spiro atoms. The molecule has 0 saturated carbocycles. The van der Waals surface area contributed by atoms with E-state index < -0.39 is 4.92 Å². The molecule has 1 aliphatic rings. The smallest absolute Gasteiger partial charge is 0.312 e. The van der Waals surface area contributed by atoms with E-state index in [9.17, 15) is 14.9 Å². The number of carbonyl (C=O) groups excluding carboxylic acids is 1. The number of morpholine rings is 1. The molecule has 0 aliphatic carbocycles. The maximum atomic E-state index is 12.0. The van der Waals surface area contributed by atoms with E-state index in [-0.39, 0.29) is 11.6 Å². The summed E-state index contributed by atoms with van der Waals surface area (Å²) in [5, 5.41) is 15.0. The molecule has 0 atom stereocenters. The second-order valence-corrected chi connectivity index (χ2v) is 4.74. The molecule has 0 unspecified atom stereocenters. The highest BCUT2D eigenvalue weighted by Crippen LogP contribution is 2.21. The molecule has 8 nitrogen and oxygen atoms in total. The second kappa shape index (κ2) is 6.00. The quantitative estimate of drug-likeness (QED) is 0.597. The average Bonchev–Trinajstić information content (AvgIpc) is 2.71. The van der Waals surface area contributed by atoms with Gasteiger partial charge in [0.05, 0.1) is 24.7 Å². The third-order valence-corrected chi connectivity index (χ3v) is 3.43. The molecule has 0 aromatic carbocycles. The van der Waals surface area contributed by atoms with Crippen molar-refractivity contribution in [2.24, 2.45) is 0 Å². The van der Waals surface area contributed by atoms with Crippen LogP contribution in [0.3, 0.4) is 0 Å². The minimum atomic E-state index is -0.433. The molecule has 1 aromatic rings. The van der Waals surface area contributed by atoms with Crippen molar-refractivity contribution in [3.05, 3.63) is 21.5 Å². The van der Waals surface area contributed by atoms with Crippen molar-refractivity contribution in [2.75, 3.05) is 26.3 Å². The zero-order valence-corrected chi connectivity index (χ0v) is 11.7. The summed E-state index contributed by atoms with van der Waals surface area (Å²) in [5.41, 5.74) is 0.900. The van der Waals surface area contributed by atoms with Crippen LogP contribution in [-0.4, -0.2) is 51.8 Å². The summed E-state index contributed by atoms with van der Waals surface area (Å²) >= 11 is 0. The Morgan fingerprint density at radius 3 is 2.60 bits per heavy atom. The van der Waals surface area contributed by atoms with Gasteiger partial charge in [-0.1, -0.05) is 0 Å². The van der Waals surface area contributed by atoms with E-state index in [1.54, 1.807) is 18.7 Å². The molecule has 1 aromatic heterocycles. The number of aromatic nitrogens is 2. The van der Waals surface area contributed by atoms with Crippen LogP contribution < -0.4 is 0 Å². The Kier molecular flexibility index (Phi) is 4.33. The molecule has 1 fully saturated rings. The van der Waals surface area contributed by atoms with Crippen molar-refractivity contribution in [3.8, 4) is 0 Å². The van der Waals surface area contributed by atoms with Crippen molar-refractivity contribution in [2.45, 2.75) is 26.8 Å². The van der Waals surface area contributed by atoms with Gasteiger partial charge in [-0.25, -0.2) is 0 Å². The van der Waals surface area contributed by atoms with Crippen LogP contribution in [0.15, 0.2) is 0 Å². The van der Waals surface area contributed by atoms with Crippen molar-refractivity contribution in [3.63, 3.8) is 0 Å². The van der Waals surface area contributed by atoms with Crippen LogP contribution in [0.5, 0.6) is 0 Å². The highest BCUT2D eigenvalue weighted by Gasteiger charge is 2.23. The molecular weight excluding hydrogens is 264 g/mol. The lowest BCUT2D eigenvalue weighted by molar-refractivity contribution is -0.386. The molecule has 0 N–H and O–H groups in total. The number of carbonyl (C=O) groups is 1. The van der Waals surface area contributed by atoms with Gasteiger partial charge in [-0.15, -0.1) is 0 Å². The highest BCUT2D eigenvalue weighted by atomic mass is 16.6. The van der Waals surface area contributed by atoms with E-state index in [0.717, 1.165) is 0 Å². The molecule has 8 heteroatoms. The first-order valence-electron chi connectivity index (χ1n) is 6.54. The third kappa shape index (κ3) is 2.96. The molecule has 2 rings (SSSR count). The summed E-state index contributed by atoms with van der Waals surface area (Å²) in [7, 11) is 0. The van der Waals surface area contributed by atoms with Gasteiger partial charge in [-0.3, -0.25) is 19.6 Å². The van der Waals surface area contributed by atoms with Gasteiger partial charge in [-0.05, 0) is 13.8 Å². The number of aryl methyl sites for hydroxylation is 2. The lowest BCUT2D eigenvalue weighted by atomic mass is 10.3. The number of hydrogen-bond acceptors (Lipinski definition) is 5. The van der Waals surface area contributed by atoms with Gasteiger partial charge in [0.2, 0.25) is 5.91 Å². The van der Waals surface area contributed by atoms with Crippen molar-refractivity contribution in [1.82, 2.24) is 14.7 Å². The molecule has 0 radical (unpaired) electrons. The molecular formula is C12H18N4O4. The van der Waals surface area contributed by atoms with Crippen molar-refractivity contribution in [1.29, 1.82) is 0 Å². The Bertz CT molecular complexity index is 520. The van der Waals surface area contributed by atoms with Crippen LogP contribution in [0.25, 0.3) is 0 Å². The van der Waals surface area contributed by atoms with Gasteiger partial charge in [-0.2, -0.15) is 5.10 Å². The van der Waals surface area contributed by atoms with Gasteiger partial charge >= 0.3 is 5.69 Å². The molecule has 1 saturated heterocycles. The van der Waals surface area contributed by atoms with Crippen molar-refractivity contribution < 1.29 is 14.5 Å². The lowest BCUT2D eigenvalue weighted by Gasteiger charge is -2.26.